The number of nitrogens with zero attached hydrogens (tertiary/aromatic N) is 1. The Morgan fingerprint density at radius 2 is 2.14 bits per heavy atom. The van der Waals surface area contributed by atoms with Crippen LogP contribution in [0, 0.1) is 5.92 Å². The predicted octanol–water partition coefficient (Wildman–Crippen LogP) is 1.27. The van der Waals surface area contributed by atoms with Crippen LogP contribution in [-0.4, -0.2) is 41.5 Å². The Labute approximate surface area is 123 Å². The fourth-order valence-corrected chi connectivity index (χ4v) is 3.20. The Balaban J connectivity index is 1.75. The van der Waals surface area contributed by atoms with Crippen LogP contribution in [0.4, 0.5) is 0 Å². The van der Waals surface area contributed by atoms with Crippen LogP contribution in [0.1, 0.15) is 34.3 Å². The zero-order valence-electron chi connectivity index (χ0n) is 12.0. The molecule has 5 nitrogen and oxygen atoms in total. The largest absolute Gasteiger partial charge is 0.478 e. The molecule has 0 aromatic heterocycles. The second-order valence-electron chi connectivity index (χ2n) is 5.84. The number of carbonyl (C=O) groups is 2. The van der Waals surface area contributed by atoms with E-state index in [4.69, 9.17) is 5.11 Å². The molecular weight excluding hydrogens is 268 g/mol. The van der Waals surface area contributed by atoms with Crippen LogP contribution in [0.5, 0.6) is 0 Å². The molecule has 1 saturated heterocycles. The van der Waals surface area contributed by atoms with E-state index in [0.29, 0.717) is 12.1 Å². The van der Waals surface area contributed by atoms with Crippen molar-refractivity contribution in [2.75, 3.05) is 19.6 Å². The summed E-state index contributed by atoms with van der Waals surface area (Å²) in [6, 6.07) is 5.22. The van der Waals surface area contributed by atoms with Gasteiger partial charge in [-0.3, -0.25) is 4.79 Å². The monoisotopic (exact) mass is 288 g/mol. The highest BCUT2D eigenvalue weighted by molar-refractivity contribution is 5.88. The van der Waals surface area contributed by atoms with Gasteiger partial charge in [-0.15, -0.1) is 0 Å². The molecule has 3 rings (SSSR count). The standard InChI is InChI=1S/C16H20N2O3/c19-15(13-2-1-6-17-9-13)18-7-5-11-3-4-12(16(20)21)8-14(11)10-18/h3-4,8,13,17H,1-2,5-7,9-10H2,(H,20,21). The molecule has 2 heterocycles. The highest BCUT2D eigenvalue weighted by atomic mass is 16.4. The second-order valence-corrected chi connectivity index (χ2v) is 5.84. The average molecular weight is 288 g/mol. The van der Waals surface area contributed by atoms with Gasteiger partial charge in [0, 0.05) is 19.6 Å². The fraction of sp³-hybridized carbons (Fsp3) is 0.500. The third-order valence-electron chi connectivity index (χ3n) is 4.42. The minimum atomic E-state index is -0.919. The maximum atomic E-state index is 12.6. The first-order valence-electron chi connectivity index (χ1n) is 7.50. The third kappa shape index (κ3) is 2.93. The Hall–Kier alpha value is -1.88. The summed E-state index contributed by atoms with van der Waals surface area (Å²) in [7, 11) is 0. The van der Waals surface area contributed by atoms with Crippen LogP contribution in [0.2, 0.25) is 0 Å². The molecule has 1 fully saturated rings. The van der Waals surface area contributed by atoms with E-state index in [1.165, 1.54) is 0 Å². The van der Waals surface area contributed by atoms with Crippen LogP contribution in [0.3, 0.4) is 0 Å². The number of fused-ring (bicyclic) bond motifs is 1. The summed E-state index contributed by atoms with van der Waals surface area (Å²) in [4.78, 5) is 25.5. The maximum Gasteiger partial charge on any atom is 0.335 e. The molecule has 21 heavy (non-hydrogen) atoms. The van der Waals surface area contributed by atoms with Gasteiger partial charge < -0.3 is 15.3 Å². The minimum absolute atomic E-state index is 0.0722. The van der Waals surface area contributed by atoms with E-state index in [-0.39, 0.29) is 11.8 Å². The van der Waals surface area contributed by atoms with Gasteiger partial charge in [-0.05, 0) is 49.1 Å². The Morgan fingerprint density at radius 3 is 2.86 bits per heavy atom. The predicted molar refractivity (Wildman–Crippen MR) is 78.1 cm³/mol. The van der Waals surface area contributed by atoms with Gasteiger partial charge in [-0.1, -0.05) is 6.07 Å². The summed E-state index contributed by atoms with van der Waals surface area (Å²) in [5.41, 5.74) is 2.42. The van der Waals surface area contributed by atoms with Crippen LogP contribution < -0.4 is 5.32 Å². The van der Waals surface area contributed by atoms with E-state index in [2.05, 4.69) is 5.32 Å². The number of nitrogens with one attached hydrogen (secondary N) is 1. The fourth-order valence-electron chi connectivity index (χ4n) is 3.20. The summed E-state index contributed by atoms with van der Waals surface area (Å²) in [5, 5.41) is 12.3. The van der Waals surface area contributed by atoms with Crippen molar-refractivity contribution in [2.24, 2.45) is 5.92 Å². The molecule has 1 atom stereocenters. The molecule has 2 N–H and O–H groups in total. The Bertz CT molecular complexity index is 565. The number of benzene rings is 1. The molecule has 0 spiro atoms. The molecule has 0 aliphatic carbocycles. The quantitative estimate of drug-likeness (QED) is 0.860. The summed E-state index contributed by atoms with van der Waals surface area (Å²) < 4.78 is 0. The summed E-state index contributed by atoms with van der Waals surface area (Å²) >= 11 is 0. The smallest absolute Gasteiger partial charge is 0.335 e. The lowest BCUT2D eigenvalue weighted by atomic mass is 9.94. The van der Waals surface area contributed by atoms with Crippen molar-refractivity contribution in [3.63, 3.8) is 0 Å². The molecule has 2 aliphatic rings. The van der Waals surface area contributed by atoms with Gasteiger partial charge in [0.25, 0.3) is 0 Å². The molecule has 0 bridgehead atoms. The first-order valence-corrected chi connectivity index (χ1v) is 7.50. The normalized spacial score (nSPS) is 21.7. The van der Waals surface area contributed by atoms with Gasteiger partial charge in [0.05, 0.1) is 11.5 Å². The molecule has 5 heteroatoms. The molecule has 1 aromatic rings. The van der Waals surface area contributed by atoms with Crippen LogP contribution in [0.15, 0.2) is 18.2 Å². The summed E-state index contributed by atoms with van der Waals surface area (Å²) in [6.45, 7) is 3.02. The average Bonchev–Trinajstić information content (AvgIpc) is 2.54. The van der Waals surface area contributed by atoms with Crippen molar-refractivity contribution in [2.45, 2.75) is 25.8 Å². The van der Waals surface area contributed by atoms with Crippen molar-refractivity contribution < 1.29 is 14.7 Å². The Morgan fingerprint density at radius 1 is 1.29 bits per heavy atom. The van der Waals surface area contributed by atoms with Gasteiger partial charge in [0.2, 0.25) is 5.91 Å². The van der Waals surface area contributed by atoms with Gasteiger partial charge in [-0.25, -0.2) is 4.79 Å². The van der Waals surface area contributed by atoms with Crippen molar-refractivity contribution in [1.29, 1.82) is 0 Å². The van der Waals surface area contributed by atoms with Gasteiger partial charge >= 0.3 is 5.97 Å². The molecule has 0 radical (unpaired) electrons. The number of piperidine rings is 1. The Kier molecular flexibility index (Phi) is 3.92. The molecular formula is C16H20N2O3. The third-order valence-corrected chi connectivity index (χ3v) is 4.42. The zero-order chi connectivity index (χ0) is 14.8. The van der Waals surface area contributed by atoms with E-state index >= 15 is 0 Å². The minimum Gasteiger partial charge on any atom is -0.478 e. The first kappa shape index (κ1) is 14.1. The van der Waals surface area contributed by atoms with Gasteiger partial charge in [-0.2, -0.15) is 0 Å². The van der Waals surface area contributed by atoms with Gasteiger partial charge in [0.1, 0.15) is 0 Å². The first-order chi connectivity index (χ1) is 10.1. The van der Waals surface area contributed by atoms with Gasteiger partial charge in [0.15, 0.2) is 0 Å². The van der Waals surface area contributed by atoms with Crippen LogP contribution in [-0.2, 0) is 17.8 Å². The van der Waals surface area contributed by atoms with Crippen molar-refractivity contribution in [3.8, 4) is 0 Å². The molecule has 1 unspecified atom stereocenters. The van der Waals surface area contributed by atoms with E-state index in [1.807, 2.05) is 11.0 Å². The molecule has 1 aromatic carbocycles. The lowest BCUT2D eigenvalue weighted by Gasteiger charge is -2.33. The molecule has 112 valence electrons. The van der Waals surface area contributed by atoms with Crippen molar-refractivity contribution in [3.05, 3.63) is 34.9 Å². The van der Waals surface area contributed by atoms with Crippen molar-refractivity contribution in [1.82, 2.24) is 10.2 Å². The number of hydrogen-bond acceptors (Lipinski definition) is 3. The maximum absolute atomic E-state index is 12.6. The summed E-state index contributed by atoms with van der Waals surface area (Å²) in [5.74, 6) is -0.644. The lowest BCUT2D eigenvalue weighted by molar-refractivity contribution is -0.137. The number of carboxylic acids is 1. The van der Waals surface area contributed by atoms with Crippen LogP contribution in [0.25, 0.3) is 0 Å². The number of hydrogen-bond donors (Lipinski definition) is 2. The topological polar surface area (TPSA) is 69.6 Å². The SMILES string of the molecule is O=C(O)c1ccc2c(c1)CN(C(=O)C1CCCNC1)CC2. The highest BCUT2D eigenvalue weighted by Crippen LogP contribution is 2.23. The number of aromatic carboxylic acids is 1. The van der Waals surface area contributed by atoms with Crippen LogP contribution >= 0.6 is 0 Å². The van der Waals surface area contributed by atoms with E-state index < -0.39 is 5.97 Å². The number of amides is 1. The van der Waals surface area contributed by atoms with E-state index in [9.17, 15) is 9.59 Å². The van der Waals surface area contributed by atoms with Crippen molar-refractivity contribution >= 4 is 11.9 Å². The molecule has 1 amide bonds. The lowest BCUT2D eigenvalue weighted by Crippen LogP contribution is -2.44. The number of rotatable bonds is 2. The zero-order valence-corrected chi connectivity index (χ0v) is 12.0. The molecule has 0 saturated carbocycles. The molecule has 2 aliphatic heterocycles. The number of carboxylic acid groups (broad SMARTS) is 1. The van der Waals surface area contributed by atoms with E-state index in [0.717, 1.165) is 50.0 Å². The highest BCUT2D eigenvalue weighted by Gasteiger charge is 2.28. The second kappa shape index (κ2) is 5.85. The van der Waals surface area contributed by atoms with E-state index in [1.54, 1.807) is 12.1 Å². The number of carbonyl (C=O) groups excluding carboxylic acids is 1. The summed E-state index contributed by atoms with van der Waals surface area (Å²) in [6.07, 6.45) is 2.80.